The van der Waals surface area contributed by atoms with Crippen molar-refractivity contribution in [3.8, 4) is 0 Å². The van der Waals surface area contributed by atoms with Gasteiger partial charge in [0.05, 0.1) is 12.2 Å². The molecule has 0 aliphatic carbocycles. The number of halogens is 3. The van der Waals surface area contributed by atoms with Gasteiger partial charge in [0.25, 0.3) is 5.56 Å². The Morgan fingerprint density at radius 2 is 1.89 bits per heavy atom. The molecule has 0 fully saturated rings. The molecule has 1 rings (SSSR count). The zero-order valence-electron chi connectivity index (χ0n) is 16.6. The third kappa shape index (κ3) is 7.01. The molecule has 0 saturated heterocycles. The quantitative estimate of drug-likeness (QED) is 0.606. The molecule has 5 nitrogen and oxygen atoms in total. The van der Waals surface area contributed by atoms with Crippen molar-refractivity contribution in [1.29, 1.82) is 0 Å². The second-order valence-corrected chi connectivity index (χ2v) is 7.25. The zero-order chi connectivity index (χ0) is 20.8. The Labute approximate surface area is 158 Å². The second-order valence-electron chi connectivity index (χ2n) is 7.25. The van der Waals surface area contributed by atoms with Crippen molar-refractivity contribution >= 4 is 5.97 Å². The summed E-state index contributed by atoms with van der Waals surface area (Å²) in [5, 5.41) is 0. The largest absolute Gasteiger partial charge is 0.464 e. The van der Waals surface area contributed by atoms with E-state index in [-0.39, 0.29) is 24.5 Å². The number of hydrogen-bond acceptors (Lipinski definition) is 4. The van der Waals surface area contributed by atoms with Gasteiger partial charge in [-0.3, -0.25) is 4.79 Å². The average molecular weight is 390 g/mol. The summed E-state index contributed by atoms with van der Waals surface area (Å²) in [6.07, 6.45) is -2.37. The van der Waals surface area contributed by atoms with Crippen molar-refractivity contribution in [2.75, 3.05) is 27.2 Å². The van der Waals surface area contributed by atoms with E-state index in [1.807, 2.05) is 13.8 Å². The van der Waals surface area contributed by atoms with Crippen LogP contribution in [0.15, 0.2) is 17.1 Å². The Hall–Kier alpha value is -1.83. The van der Waals surface area contributed by atoms with Gasteiger partial charge in [0.15, 0.2) is 0 Å². The van der Waals surface area contributed by atoms with Crippen molar-refractivity contribution in [1.82, 2.24) is 9.47 Å². The van der Waals surface area contributed by atoms with Gasteiger partial charge in [-0.1, -0.05) is 13.8 Å². The maximum absolute atomic E-state index is 13.4. The highest BCUT2D eigenvalue weighted by atomic mass is 19.4. The molecular weight excluding hydrogens is 361 g/mol. The lowest BCUT2D eigenvalue weighted by Crippen LogP contribution is -2.33. The van der Waals surface area contributed by atoms with Gasteiger partial charge in [0, 0.05) is 18.8 Å². The van der Waals surface area contributed by atoms with Gasteiger partial charge >= 0.3 is 12.1 Å². The number of rotatable bonds is 9. The minimum absolute atomic E-state index is 0.00496. The first kappa shape index (κ1) is 23.2. The highest BCUT2D eigenvalue weighted by Crippen LogP contribution is 2.32. The normalized spacial score (nSPS) is 13.3. The summed E-state index contributed by atoms with van der Waals surface area (Å²) < 4.78 is 46.2. The van der Waals surface area contributed by atoms with Crippen LogP contribution in [0.25, 0.3) is 0 Å². The molecule has 8 heteroatoms. The fraction of sp³-hybridized carbons (Fsp3) is 0.684. The van der Waals surface area contributed by atoms with Gasteiger partial charge in [0.1, 0.15) is 6.04 Å². The van der Waals surface area contributed by atoms with Gasteiger partial charge in [0.2, 0.25) is 0 Å². The number of carbonyl (C=O) groups excluding carboxylic acids is 1. The van der Waals surface area contributed by atoms with Gasteiger partial charge in [-0.2, -0.15) is 13.2 Å². The summed E-state index contributed by atoms with van der Waals surface area (Å²) in [6.45, 7) is 6.12. The van der Waals surface area contributed by atoms with Crippen LogP contribution in [0.5, 0.6) is 0 Å². The number of esters is 1. The number of hydrogen-bond donors (Lipinski definition) is 0. The maximum atomic E-state index is 13.4. The first-order valence-electron chi connectivity index (χ1n) is 9.11. The topological polar surface area (TPSA) is 51.5 Å². The molecule has 154 valence electrons. The highest BCUT2D eigenvalue weighted by molar-refractivity contribution is 5.74. The molecular formula is C19H29F3N2O3. The Kier molecular flexibility index (Phi) is 8.53. The van der Waals surface area contributed by atoms with Crippen LogP contribution < -0.4 is 5.56 Å². The monoisotopic (exact) mass is 390 g/mol. The molecule has 1 unspecified atom stereocenters. The third-order valence-corrected chi connectivity index (χ3v) is 4.21. The van der Waals surface area contributed by atoms with Crippen molar-refractivity contribution < 1.29 is 22.7 Å². The molecule has 27 heavy (non-hydrogen) atoms. The number of ether oxygens (including phenoxy) is 1. The molecule has 0 aliphatic heterocycles. The van der Waals surface area contributed by atoms with Crippen molar-refractivity contribution in [2.24, 2.45) is 5.92 Å². The first-order valence-corrected chi connectivity index (χ1v) is 9.11. The molecule has 0 saturated carbocycles. The summed E-state index contributed by atoms with van der Waals surface area (Å²) in [6, 6.07) is -0.340. The van der Waals surface area contributed by atoms with Crippen LogP contribution in [0.3, 0.4) is 0 Å². The van der Waals surface area contributed by atoms with E-state index in [1.165, 1.54) is 6.20 Å². The molecule has 1 aromatic heterocycles. The Balaban J connectivity index is 3.41. The van der Waals surface area contributed by atoms with Crippen molar-refractivity contribution in [2.45, 2.75) is 52.3 Å². The summed E-state index contributed by atoms with van der Waals surface area (Å²) in [5.74, 6) is -0.321. The van der Waals surface area contributed by atoms with Crippen LogP contribution in [0.1, 0.15) is 50.8 Å². The molecule has 1 aromatic rings. The number of carbonyl (C=O) groups is 1. The first-order chi connectivity index (χ1) is 12.5. The number of nitrogens with zero attached hydrogens (tertiary/aromatic N) is 2. The van der Waals surface area contributed by atoms with E-state index in [9.17, 15) is 22.8 Å². The van der Waals surface area contributed by atoms with Crippen LogP contribution >= 0.6 is 0 Å². The second kappa shape index (κ2) is 9.92. The van der Waals surface area contributed by atoms with Crippen LogP contribution in [-0.2, 0) is 22.1 Å². The lowest BCUT2D eigenvalue weighted by Gasteiger charge is -2.22. The average Bonchev–Trinajstić information content (AvgIpc) is 2.53. The number of alkyl halides is 3. The molecule has 0 aromatic carbocycles. The number of likely N-dealkylation sites (N-methyl/N-ethyl adjacent to an activating group) is 1. The summed E-state index contributed by atoms with van der Waals surface area (Å²) in [5.41, 5.74) is -1.80. The molecule has 1 heterocycles. The summed E-state index contributed by atoms with van der Waals surface area (Å²) >= 11 is 0. The third-order valence-electron chi connectivity index (χ3n) is 4.21. The van der Waals surface area contributed by atoms with Crippen LogP contribution in [-0.4, -0.2) is 42.7 Å². The number of aromatic nitrogens is 1. The minimum atomic E-state index is -4.63. The molecule has 0 spiro atoms. The summed E-state index contributed by atoms with van der Waals surface area (Å²) in [7, 11) is 3.51. The lowest BCUT2D eigenvalue weighted by molar-refractivity contribution is -0.147. The molecule has 0 amide bonds. The fourth-order valence-corrected chi connectivity index (χ4v) is 2.74. The zero-order valence-corrected chi connectivity index (χ0v) is 16.6. The van der Waals surface area contributed by atoms with E-state index in [2.05, 4.69) is 0 Å². The molecule has 0 radical (unpaired) electrons. The van der Waals surface area contributed by atoms with Crippen LogP contribution in [0.4, 0.5) is 13.2 Å². The van der Waals surface area contributed by atoms with E-state index in [4.69, 9.17) is 4.74 Å². The molecule has 0 aliphatic rings. The van der Waals surface area contributed by atoms with Crippen molar-refractivity contribution in [3.63, 3.8) is 0 Å². The maximum Gasteiger partial charge on any atom is 0.416 e. The highest BCUT2D eigenvalue weighted by Gasteiger charge is 2.35. The van der Waals surface area contributed by atoms with Gasteiger partial charge < -0.3 is 14.2 Å². The van der Waals surface area contributed by atoms with E-state index in [0.29, 0.717) is 25.5 Å². The fourth-order valence-electron chi connectivity index (χ4n) is 2.74. The molecule has 0 N–H and O–H groups in total. The van der Waals surface area contributed by atoms with E-state index >= 15 is 0 Å². The van der Waals surface area contributed by atoms with E-state index < -0.39 is 29.3 Å². The van der Waals surface area contributed by atoms with Crippen LogP contribution in [0.2, 0.25) is 0 Å². The lowest BCUT2D eigenvalue weighted by atomic mass is 10.0. The summed E-state index contributed by atoms with van der Waals surface area (Å²) in [4.78, 5) is 26.5. The minimum Gasteiger partial charge on any atom is -0.464 e. The molecule has 0 bridgehead atoms. The predicted octanol–water partition coefficient (Wildman–Crippen LogP) is 3.51. The van der Waals surface area contributed by atoms with E-state index in [1.54, 1.807) is 25.9 Å². The predicted molar refractivity (Wildman–Crippen MR) is 97.7 cm³/mol. The smallest absolute Gasteiger partial charge is 0.416 e. The SMILES string of the molecule is CCOC(=O)C(CCC(C)C)n1cc(CCN(C)C)c(C(F)(F)F)cc1=O. The van der Waals surface area contributed by atoms with Gasteiger partial charge in [-0.25, -0.2) is 4.79 Å². The Morgan fingerprint density at radius 3 is 2.37 bits per heavy atom. The van der Waals surface area contributed by atoms with Gasteiger partial charge in [-0.15, -0.1) is 0 Å². The Bertz CT molecular complexity index is 682. The number of pyridine rings is 1. The molecule has 1 atom stereocenters. The van der Waals surface area contributed by atoms with Crippen molar-refractivity contribution in [3.05, 3.63) is 33.7 Å². The van der Waals surface area contributed by atoms with Gasteiger partial charge in [-0.05, 0) is 51.8 Å². The Morgan fingerprint density at radius 1 is 1.26 bits per heavy atom. The standard InChI is InChI=1S/C19H29F3N2O3/c1-6-27-18(26)16(8-7-13(2)3)24-12-14(9-10-23(4)5)15(11-17(24)25)19(20,21)22/h11-13,16H,6-10H2,1-5H3. The van der Waals surface area contributed by atoms with Crippen LogP contribution in [0, 0.1) is 5.92 Å². The van der Waals surface area contributed by atoms with E-state index in [0.717, 1.165) is 4.57 Å².